The SMILES string of the molecule is Cc1ccccc1S(=O)(=O)N1CCCC(C(=O)NCCN)C1.Cl. The van der Waals surface area contributed by atoms with Crippen molar-refractivity contribution in [2.75, 3.05) is 26.2 Å². The Hall–Kier alpha value is -1.15. The van der Waals surface area contributed by atoms with Crippen molar-refractivity contribution in [3.05, 3.63) is 29.8 Å². The van der Waals surface area contributed by atoms with Crippen LogP contribution in [0.15, 0.2) is 29.2 Å². The second-order valence-electron chi connectivity index (χ2n) is 5.55. The topological polar surface area (TPSA) is 92.5 Å². The van der Waals surface area contributed by atoms with Crippen molar-refractivity contribution >= 4 is 28.3 Å². The molecule has 0 aromatic heterocycles. The fraction of sp³-hybridized carbons (Fsp3) is 0.533. The molecule has 1 aromatic carbocycles. The Morgan fingerprint density at radius 2 is 2.09 bits per heavy atom. The molecule has 23 heavy (non-hydrogen) atoms. The molecule has 130 valence electrons. The Morgan fingerprint density at radius 1 is 1.39 bits per heavy atom. The molecule has 6 nitrogen and oxygen atoms in total. The fourth-order valence-electron chi connectivity index (χ4n) is 2.70. The molecule has 2 rings (SSSR count). The molecule has 1 heterocycles. The van der Waals surface area contributed by atoms with Gasteiger partial charge in [-0.1, -0.05) is 18.2 Å². The highest BCUT2D eigenvalue weighted by Gasteiger charge is 2.33. The van der Waals surface area contributed by atoms with E-state index in [4.69, 9.17) is 5.73 Å². The third-order valence-corrected chi connectivity index (χ3v) is 5.94. The van der Waals surface area contributed by atoms with Gasteiger partial charge in [0.05, 0.1) is 10.8 Å². The van der Waals surface area contributed by atoms with Crippen LogP contribution in [0.2, 0.25) is 0 Å². The third kappa shape index (κ3) is 4.67. The number of aryl methyl sites for hydroxylation is 1. The highest BCUT2D eigenvalue weighted by Crippen LogP contribution is 2.25. The lowest BCUT2D eigenvalue weighted by Gasteiger charge is -2.31. The molecule has 0 bridgehead atoms. The average Bonchev–Trinajstić information content (AvgIpc) is 2.53. The smallest absolute Gasteiger partial charge is 0.243 e. The van der Waals surface area contributed by atoms with E-state index in [0.717, 1.165) is 5.56 Å². The Labute approximate surface area is 143 Å². The van der Waals surface area contributed by atoms with Crippen LogP contribution in [0.3, 0.4) is 0 Å². The van der Waals surface area contributed by atoms with Crippen LogP contribution < -0.4 is 11.1 Å². The van der Waals surface area contributed by atoms with Gasteiger partial charge in [0.15, 0.2) is 0 Å². The summed E-state index contributed by atoms with van der Waals surface area (Å²) in [7, 11) is -3.55. The maximum absolute atomic E-state index is 12.8. The molecule has 1 saturated heterocycles. The van der Waals surface area contributed by atoms with Crippen LogP contribution in [0.25, 0.3) is 0 Å². The quantitative estimate of drug-likeness (QED) is 0.814. The summed E-state index contributed by atoms with van der Waals surface area (Å²) in [5, 5.41) is 2.74. The summed E-state index contributed by atoms with van der Waals surface area (Å²) in [4.78, 5) is 12.4. The summed E-state index contributed by atoms with van der Waals surface area (Å²) >= 11 is 0. The number of hydrogen-bond donors (Lipinski definition) is 2. The van der Waals surface area contributed by atoms with Gasteiger partial charge < -0.3 is 11.1 Å². The van der Waals surface area contributed by atoms with E-state index in [1.807, 2.05) is 6.07 Å². The average molecular weight is 362 g/mol. The number of hydrogen-bond acceptors (Lipinski definition) is 4. The lowest BCUT2D eigenvalue weighted by atomic mass is 9.99. The number of amides is 1. The predicted molar refractivity (Wildman–Crippen MR) is 92.0 cm³/mol. The fourth-order valence-corrected chi connectivity index (χ4v) is 4.45. The van der Waals surface area contributed by atoms with E-state index in [1.54, 1.807) is 25.1 Å². The maximum Gasteiger partial charge on any atom is 0.243 e. The normalized spacial score (nSPS) is 19.0. The summed E-state index contributed by atoms with van der Waals surface area (Å²) in [6.07, 6.45) is 1.39. The van der Waals surface area contributed by atoms with E-state index in [9.17, 15) is 13.2 Å². The number of carbonyl (C=O) groups excluding carboxylic acids is 1. The Bertz CT molecular complexity index is 637. The van der Waals surface area contributed by atoms with E-state index < -0.39 is 10.0 Å². The Balaban J connectivity index is 0.00000264. The van der Waals surface area contributed by atoms with E-state index in [1.165, 1.54) is 4.31 Å². The minimum Gasteiger partial charge on any atom is -0.355 e. The minimum atomic E-state index is -3.55. The highest BCUT2D eigenvalue weighted by molar-refractivity contribution is 7.89. The van der Waals surface area contributed by atoms with Crippen molar-refractivity contribution in [2.45, 2.75) is 24.7 Å². The van der Waals surface area contributed by atoms with E-state index in [-0.39, 0.29) is 30.8 Å². The molecular formula is C15H24ClN3O3S. The molecule has 1 atom stereocenters. The van der Waals surface area contributed by atoms with Crippen LogP contribution in [-0.2, 0) is 14.8 Å². The van der Waals surface area contributed by atoms with Crippen LogP contribution in [0.5, 0.6) is 0 Å². The van der Waals surface area contributed by atoms with E-state index >= 15 is 0 Å². The molecular weight excluding hydrogens is 338 g/mol. The molecule has 8 heteroatoms. The second-order valence-corrected chi connectivity index (χ2v) is 7.45. The Kier molecular flexibility index (Phi) is 7.47. The van der Waals surface area contributed by atoms with Crippen LogP contribution in [0, 0.1) is 12.8 Å². The summed E-state index contributed by atoms with van der Waals surface area (Å²) < 4.78 is 27.0. The number of nitrogens with one attached hydrogen (secondary N) is 1. The van der Waals surface area contributed by atoms with Crippen molar-refractivity contribution < 1.29 is 13.2 Å². The van der Waals surface area contributed by atoms with Crippen LogP contribution >= 0.6 is 12.4 Å². The highest BCUT2D eigenvalue weighted by atomic mass is 35.5. The van der Waals surface area contributed by atoms with Crippen molar-refractivity contribution in [2.24, 2.45) is 11.7 Å². The predicted octanol–water partition coefficient (Wildman–Crippen LogP) is 0.892. The van der Waals surface area contributed by atoms with Crippen LogP contribution in [-0.4, -0.2) is 44.8 Å². The summed E-state index contributed by atoms with van der Waals surface area (Å²) in [5.74, 6) is -0.422. The minimum absolute atomic E-state index is 0. The molecule has 0 saturated carbocycles. The van der Waals surface area contributed by atoms with Gasteiger partial charge in [-0.25, -0.2) is 8.42 Å². The number of piperidine rings is 1. The van der Waals surface area contributed by atoms with Gasteiger partial charge in [0.25, 0.3) is 0 Å². The lowest BCUT2D eigenvalue weighted by molar-refractivity contribution is -0.126. The van der Waals surface area contributed by atoms with E-state index in [2.05, 4.69) is 5.32 Å². The zero-order chi connectivity index (χ0) is 16.2. The van der Waals surface area contributed by atoms with Crippen molar-refractivity contribution in [3.8, 4) is 0 Å². The summed E-state index contributed by atoms with van der Waals surface area (Å²) in [5.41, 5.74) is 6.09. The van der Waals surface area contributed by atoms with Gasteiger partial charge in [0.1, 0.15) is 0 Å². The Morgan fingerprint density at radius 3 is 2.74 bits per heavy atom. The van der Waals surface area contributed by atoms with Gasteiger partial charge in [-0.15, -0.1) is 12.4 Å². The number of carbonyl (C=O) groups is 1. The van der Waals surface area contributed by atoms with Crippen molar-refractivity contribution in [1.29, 1.82) is 0 Å². The molecule has 1 aliphatic heterocycles. The number of nitrogens with two attached hydrogens (primary N) is 1. The zero-order valence-electron chi connectivity index (χ0n) is 13.2. The first kappa shape index (κ1) is 19.9. The van der Waals surface area contributed by atoms with Crippen LogP contribution in [0.4, 0.5) is 0 Å². The van der Waals surface area contributed by atoms with Crippen molar-refractivity contribution in [3.63, 3.8) is 0 Å². The van der Waals surface area contributed by atoms with Gasteiger partial charge in [-0.05, 0) is 31.4 Å². The van der Waals surface area contributed by atoms with Crippen molar-refractivity contribution in [1.82, 2.24) is 9.62 Å². The molecule has 3 N–H and O–H groups in total. The first-order valence-corrected chi connectivity index (χ1v) is 8.94. The number of rotatable bonds is 5. The van der Waals surface area contributed by atoms with E-state index in [0.29, 0.717) is 37.4 Å². The second kappa shape index (κ2) is 8.63. The van der Waals surface area contributed by atoms with Gasteiger partial charge in [-0.3, -0.25) is 4.79 Å². The maximum atomic E-state index is 12.8. The number of benzene rings is 1. The zero-order valence-corrected chi connectivity index (χ0v) is 14.8. The third-order valence-electron chi connectivity index (χ3n) is 3.91. The number of nitrogens with zero attached hydrogens (tertiary/aromatic N) is 1. The molecule has 0 aliphatic carbocycles. The first-order chi connectivity index (χ1) is 10.5. The largest absolute Gasteiger partial charge is 0.355 e. The van der Waals surface area contributed by atoms with Gasteiger partial charge in [0, 0.05) is 26.2 Å². The summed E-state index contributed by atoms with van der Waals surface area (Å²) in [6.45, 7) is 3.26. The monoisotopic (exact) mass is 361 g/mol. The van der Waals surface area contributed by atoms with Crippen LogP contribution in [0.1, 0.15) is 18.4 Å². The standard InChI is InChI=1S/C15H23N3O3S.ClH/c1-12-5-2-3-7-14(12)22(20,21)18-10-4-6-13(11-18)15(19)17-9-8-16;/h2-3,5,7,13H,4,6,8-11,16H2,1H3,(H,17,19);1H. The van der Waals surface area contributed by atoms with Gasteiger partial charge in [-0.2, -0.15) is 4.31 Å². The lowest BCUT2D eigenvalue weighted by Crippen LogP contribution is -2.46. The molecule has 0 radical (unpaired) electrons. The molecule has 1 amide bonds. The summed E-state index contributed by atoms with van der Waals surface area (Å²) in [6, 6.07) is 6.92. The first-order valence-electron chi connectivity index (χ1n) is 7.50. The molecule has 1 unspecified atom stereocenters. The number of sulfonamides is 1. The van der Waals surface area contributed by atoms with Gasteiger partial charge >= 0.3 is 0 Å². The molecule has 1 aliphatic rings. The molecule has 1 aromatic rings. The molecule has 0 spiro atoms. The molecule has 1 fully saturated rings. The number of halogens is 1. The van der Waals surface area contributed by atoms with Gasteiger partial charge in [0.2, 0.25) is 15.9 Å².